The molecule has 2 rings (SSSR count). The highest BCUT2D eigenvalue weighted by atomic mass is 79.9. The molecule has 0 aromatic rings. The van der Waals surface area contributed by atoms with Crippen LogP contribution in [-0.4, -0.2) is 29.6 Å². The summed E-state index contributed by atoms with van der Waals surface area (Å²) in [6, 6.07) is 0. The van der Waals surface area contributed by atoms with Gasteiger partial charge in [0.15, 0.2) is 0 Å². The maximum absolute atomic E-state index is 13.9. The Morgan fingerprint density at radius 1 is 0.438 bits per heavy atom. The van der Waals surface area contributed by atoms with E-state index in [1.54, 1.807) is 0 Å². The van der Waals surface area contributed by atoms with Gasteiger partial charge in [0.05, 0.1) is 0 Å². The molecule has 0 saturated heterocycles. The Morgan fingerprint density at radius 2 is 0.562 bits per heavy atom. The molecule has 0 bridgehead atoms. The van der Waals surface area contributed by atoms with Gasteiger partial charge in [-0.25, -0.2) is 26.3 Å². The minimum atomic E-state index is -4.05. The van der Waals surface area contributed by atoms with Crippen molar-refractivity contribution in [1.82, 2.24) is 0 Å². The second-order valence-corrected chi connectivity index (χ2v) is 7.99. The summed E-state index contributed by atoms with van der Waals surface area (Å²) in [6.45, 7) is 0. The first kappa shape index (κ1) is 13.9. The van der Waals surface area contributed by atoms with E-state index in [4.69, 9.17) is 0 Å². The van der Waals surface area contributed by atoms with Crippen LogP contribution < -0.4 is 0 Å². The molecular weight excluding hydrogens is 506 g/mol. The van der Waals surface area contributed by atoms with E-state index >= 15 is 0 Å². The van der Waals surface area contributed by atoms with Gasteiger partial charge in [0.25, 0.3) is 18.3 Å². The van der Waals surface area contributed by atoms with Crippen molar-refractivity contribution >= 4 is 63.7 Å². The van der Waals surface area contributed by atoms with Gasteiger partial charge in [-0.2, -0.15) is 0 Å². The first-order valence-corrected chi connectivity index (χ1v) is 6.81. The first-order chi connectivity index (χ1) is 6.75. The molecule has 0 N–H and O–H groups in total. The van der Waals surface area contributed by atoms with E-state index in [9.17, 15) is 26.3 Å². The highest BCUT2D eigenvalue weighted by molar-refractivity contribution is 9.14. The summed E-state index contributed by atoms with van der Waals surface area (Å²) >= 11 is 7.60. The number of halogens is 10. The van der Waals surface area contributed by atoms with Crippen molar-refractivity contribution in [2.45, 2.75) is 29.6 Å². The van der Waals surface area contributed by atoms with Gasteiger partial charge in [-0.3, -0.25) is 0 Å². The predicted octanol–water partition coefficient (Wildman–Crippen LogP) is 4.67. The largest absolute Gasteiger partial charge is 0.253 e. The molecule has 94 valence electrons. The van der Waals surface area contributed by atoms with Gasteiger partial charge in [-0.15, -0.1) is 0 Å². The fraction of sp³-hybridized carbons (Fsp3) is 1.00. The van der Waals surface area contributed by atoms with Gasteiger partial charge in [0.2, 0.25) is 11.3 Å². The molecule has 2 fully saturated rings. The van der Waals surface area contributed by atoms with Gasteiger partial charge in [-0.05, 0) is 63.7 Å². The van der Waals surface area contributed by atoms with Gasteiger partial charge in [-0.1, -0.05) is 0 Å². The van der Waals surface area contributed by atoms with Gasteiger partial charge < -0.3 is 0 Å². The van der Waals surface area contributed by atoms with Crippen molar-refractivity contribution < 1.29 is 26.3 Å². The second-order valence-electron chi connectivity index (χ2n) is 3.61. The van der Waals surface area contributed by atoms with Crippen LogP contribution in [0.15, 0.2) is 0 Å². The number of hydrogen-bond donors (Lipinski definition) is 0. The lowest BCUT2D eigenvalue weighted by molar-refractivity contribution is -0.399. The standard InChI is InChI=1S/C6Br4F6/c7-3(13)1(11)2(12,5(3,9)15)6(10,16)4(1,8)14. The number of fused-ring (bicyclic) bond motifs is 1. The van der Waals surface area contributed by atoms with Crippen LogP contribution in [0.2, 0.25) is 0 Å². The maximum Gasteiger partial charge on any atom is 0.253 e. The highest BCUT2D eigenvalue weighted by Gasteiger charge is 3.14. The smallest absolute Gasteiger partial charge is 0.230 e. The summed E-state index contributed by atoms with van der Waals surface area (Å²) < 4.78 is 67.0. The number of rotatable bonds is 0. The third-order valence-electron chi connectivity index (χ3n) is 2.99. The van der Waals surface area contributed by atoms with Crippen molar-refractivity contribution in [1.29, 1.82) is 0 Å². The Hall–Kier alpha value is 1.50. The minimum absolute atomic E-state index is 1.90. The molecular formula is C6Br4F6. The van der Waals surface area contributed by atoms with Crippen LogP contribution in [-0.2, 0) is 0 Å². The van der Waals surface area contributed by atoms with Crippen LogP contribution in [0.25, 0.3) is 0 Å². The van der Waals surface area contributed by atoms with E-state index in [0.29, 0.717) is 0 Å². The number of hydrogen-bond acceptors (Lipinski definition) is 0. The normalized spacial score (nSPS) is 73.9. The molecule has 0 amide bonds. The van der Waals surface area contributed by atoms with Crippen LogP contribution in [0.1, 0.15) is 0 Å². The van der Waals surface area contributed by atoms with Gasteiger partial charge in [0, 0.05) is 0 Å². The van der Waals surface area contributed by atoms with Crippen molar-refractivity contribution in [3.63, 3.8) is 0 Å². The minimum Gasteiger partial charge on any atom is -0.230 e. The van der Waals surface area contributed by atoms with E-state index in [1.807, 2.05) is 63.7 Å². The van der Waals surface area contributed by atoms with Crippen LogP contribution in [0, 0.1) is 0 Å². The monoisotopic (exact) mass is 502 g/mol. The highest BCUT2D eigenvalue weighted by Crippen LogP contribution is 2.89. The lowest BCUT2D eigenvalue weighted by atomic mass is 9.49. The zero-order valence-corrected chi connectivity index (χ0v) is 13.1. The van der Waals surface area contributed by atoms with Gasteiger partial charge in [0.1, 0.15) is 0 Å². The van der Waals surface area contributed by atoms with Crippen LogP contribution in [0.3, 0.4) is 0 Å². The van der Waals surface area contributed by atoms with Crippen LogP contribution in [0.4, 0.5) is 26.3 Å². The predicted molar refractivity (Wildman–Crippen MR) is 58.7 cm³/mol. The molecule has 2 aliphatic rings. The lowest BCUT2D eigenvalue weighted by Crippen LogP contribution is -3.04. The van der Waals surface area contributed by atoms with E-state index in [0.717, 1.165) is 0 Å². The fourth-order valence-electron chi connectivity index (χ4n) is 2.00. The van der Waals surface area contributed by atoms with Crippen LogP contribution in [0.5, 0.6) is 0 Å². The Labute approximate surface area is 119 Å². The average molecular weight is 506 g/mol. The Balaban J connectivity index is 2.67. The molecule has 0 nitrogen and oxygen atoms in total. The zero-order valence-electron chi connectivity index (χ0n) is 6.78. The molecule has 0 radical (unpaired) electrons. The van der Waals surface area contributed by atoms with Crippen molar-refractivity contribution in [3.8, 4) is 0 Å². The molecule has 0 heterocycles. The fourth-order valence-corrected chi connectivity index (χ4v) is 5.81. The molecule has 4 atom stereocenters. The molecule has 16 heavy (non-hydrogen) atoms. The Kier molecular flexibility index (Phi) is 2.45. The van der Waals surface area contributed by atoms with E-state index in [2.05, 4.69) is 0 Å². The van der Waals surface area contributed by atoms with Gasteiger partial charge >= 0.3 is 0 Å². The molecule has 0 spiro atoms. The zero-order chi connectivity index (χ0) is 13.0. The molecule has 0 aromatic carbocycles. The summed E-state index contributed by atoms with van der Waals surface area (Å²) in [5, 5.41) is 0. The molecule has 10 heteroatoms. The topological polar surface area (TPSA) is 0 Å². The third kappa shape index (κ3) is 0.783. The first-order valence-electron chi connectivity index (χ1n) is 3.64. The Morgan fingerprint density at radius 3 is 0.688 bits per heavy atom. The maximum atomic E-state index is 13.9. The van der Waals surface area contributed by atoms with Crippen molar-refractivity contribution in [3.05, 3.63) is 0 Å². The van der Waals surface area contributed by atoms with E-state index < -0.39 is 29.6 Å². The van der Waals surface area contributed by atoms with E-state index in [-0.39, 0.29) is 0 Å². The SMILES string of the molecule is FC1(Br)C(F)(Br)C2(F)C(F)(Br)C(F)(Br)C12F. The quantitative estimate of drug-likeness (QED) is 0.332. The van der Waals surface area contributed by atoms with Crippen LogP contribution >= 0.6 is 63.7 Å². The number of alkyl halides is 10. The summed E-state index contributed by atoms with van der Waals surface area (Å²) in [5.74, 6) is 0. The van der Waals surface area contributed by atoms with Crippen molar-refractivity contribution in [2.24, 2.45) is 0 Å². The molecule has 4 unspecified atom stereocenters. The molecule has 0 aliphatic heterocycles. The van der Waals surface area contributed by atoms with E-state index in [1.165, 1.54) is 0 Å². The molecule has 2 saturated carbocycles. The summed E-state index contributed by atoms with van der Waals surface area (Å²) in [4.78, 5) is 0. The average Bonchev–Trinajstić information content (AvgIpc) is 2.12. The Bertz CT molecular complexity index is 313. The van der Waals surface area contributed by atoms with Crippen molar-refractivity contribution in [2.75, 3.05) is 0 Å². The molecule has 0 aromatic heterocycles. The second kappa shape index (κ2) is 2.82. The summed E-state index contributed by atoms with van der Waals surface area (Å²) in [7, 11) is 0. The lowest BCUT2D eigenvalue weighted by Gasteiger charge is -2.75. The summed E-state index contributed by atoms with van der Waals surface area (Å²) in [6.07, 6.45) is 0. The molecule has 2 aliphatic carbocycles. The third-order valence-corrected chi connectivity index (χ3v) is 8.43. The summed E-state index contributed by atoms with van der Waals surface area (Å²) in [5.41, 5.74) is -8.10.